The summed E-state index contributed by atoms with van der Waals surface area (Å²) in [5.74, 6) is -0.0942. The third-order valence-corrected chi connectivity index (χ3v) is 1.57. The molecular weight excluding hydrogens is 168 g/mol. The summed E-state index contributed by atoms with van der Waals surface area (Å²) in [6.07, 6.45) is 3.18. The van der Waals surface area contributed by atoms with Crippen LogP contribution < -0.4 is 16.4 Å². The number of hydrogen-bond donors (Lipinski definition) is 3. The SMILES string of the molecule is CNC(=O)CNc1cnccc1N. The van der Waals surface area contributed by atoms with Gasteiger partial charge in [-0.25, -0.2) is 0 Å². The van der Waals surface area contributed by atoms with Crippen LogP contribution in [-0.4, -0.2) is 24.5 Å². The Hall–Kier alpha value is -1.78. The standard InChI is InChI=1S/C8H12N4O/c1-10-8(13)5-12-7-4-11-3-2-6(7)9/h2-4,12H,5H2,1H3,(H2,9,11)(H,10,13). The lowest BCUT2D eigenvalue weighted by atomic mass is 10.3. The number of rotatable bonds is 3. The molecule has 1 amide bonds. The molecule has 0 bridgehead atoms. The number of hydrogen-bond acceptors (Lipinski definition) is 4. The van der Waals surface area contributed by atoms with E-state index in [0.29, 0.717) is 11.4 Å². The number of pyridine rings is 1. The Bertz CT molecular complexity index is 300. The molecule has 5 heteroatoms. The fourth-order valence-corrected chi connectivity index (χ4v) is 0.817. The number of carbonyl (C=O) groups excluding carboxylic acids is 1. The fourth-order valence-electron chi connectivity index (χ4n) is 0.817. The van der Waals surface area contributed by atoms with E-state index in [1.54, 1.807) is 25.5 Å². The highest BCUT2D eigenvalue weighted by Gasteiger charge is 2.00. The molecule has 4 N–H and O–H groups in total. The number of anilines is 2. The first-order valence-electron chi connectivity index (χ1n) is 3.88. The normalized spacial score (nSPS) is 9.31. The van der Waals surface area contributed by atoms with E-state index in [4.69, 9.17) is 5.73 Å². The molecule has 0 saturated carbocycles. The van der Waals surface area contributed by atoms with Crippen LogP contribution in [0.4, 0.5) is 11.4 Å². The van der Waals surface area contributed by atoms with Crippen molar-refractivity contribution in [2.24, 2.45) is 0 Å². The Morgan fingerprint density at radius 3 is 3.08 bits per heavy atom. The lowest BCUT2D eigenvalue weighted by molar-refractivity contribution is -0.118. The molecule has 1 aromatic heterocycles. The van der Waals surface area contributed by atoms with Crippen molar-refractivity contribution < 1.29 is 4.79 Å². The first kappa shape index (κ1) is 9.31. The molecule has 0 aromatic carbocycles. The average Bonchev–Trinajstić information content (AvgIpc) is 2.16. The van der Waals surface area contributed by atoms with Gasteiger partial charge in [0.2, 0.25) is 5.91 Å². The van der Waals surface area contributed by atoms with E-state index in [0.717, 1.165) is 0 Å². The van der Waals surface area contributed by atoms with E-state index in [2.05, 4.69) is 15.6 Å². The van der Waals surface area contributed by atoms with Gasteiger partial charge in [0.25, 0.3) is 0 Å². The predicted octanol–water partition coefficient (Wildman–Crippen LogP) is -0.178. The van der Waals surface area contributed by atoms with Crippen LogP contribution in [0.5, 0.6) is 0 Å². The summed E-state index contributed by atoms with van der Waals surface area (Å²) in [7, 11) is 1.58. The molecular formula is C8H12N4O. The fraction of sp³-hybridized carbons (Fsp3) is 0.250. The Balaban J connectivity index is 2.54. The second-order valence-corrected chi connectivity index (χ2v) is 2.49. The molecule has 0 aliphatic heterocycles. The van der Waals surface area contributed by atoms with Gasteiger partial charge in [0, 0.05) is 13.2 Å². The second kappa shape index (κ2) is 4.30. The molecule has 13 heavy (non-hydrogen) atoms. The number of likely N-dealkylation sites (N-methyl/N-ethyl adjacent to an activating group) is 1. The molecule has 0 unspecified atom stereocenters. The van der Waals surface area contributed by atoms with E-state index >= 15 is 0 Å². The summed E-state index contributed by atoms with van der Waals surface area (Å²) >= 11 is 0. The number of nitrogens with one attached hydrogen (secondary N) is 2. The molecule has 1 rings (SSSR count). The Morgan fingerprint density at radius 1 is 1.69 bits per heavy atom. The van der Waals surface area contributed by atoms with Crippen molar-refractivity contribution in [1.29, 1.82) is 0 Å². The maximum atomic E-state index is 10.9. The van der Waals surface area contributed by atoms with Gasteiger partial charge in [0.15, 0.2) is 0 Å². The van der Waals surface area contributed by atoms with Crippen molar-refractivity contribution in [3.05, 3.63) is 18.5 Å². The van der Waals surface area contributed by atoms with Crippen LogP contribution >= 0.6 is 0 Å². The van der Waals surface area contributed by atoms with Crippen LogP contribution in [0.25, 0.3) is 0 Å². The first-order chi connectivity index (χ1) is 6.24. The van der Waals surface area contributed by atoms with E-state index in [1.807, 2.05) is 0 Å². The van der Waals surface area contributed by atoms with E-state index in [1.165, 1.54) is 0 Å². The quantitative estimate of drug-likeness (QED) is 0.603. The summed E-state index contributed by atoms with van der Waals surface area (Å²) in [4.78, 5) is 14.7. The summed E-state index contributed by atoms with van der Waals surface area (Å²) in [6.45, 7) is 0.201. The average molecular weight is 180 g/mol. The largest absolute Gasteiger partial charge is 0.397 e. The molecule has 0 saturated heterocycles. The van der Waals surface area contributed by atoms with E-state index in [9.17, 15) is 4.79 Å². The molecule has 70 valence electrons. The Kier molecular flexibility index (Phi) is 3.08. The minimum Gasteiger partial charge on any atom is -0.397 e. The minimum atomic E-state index is -0.0942. The topological polar surface area (TPSA) is 80.0 Å². The van der Waals surface area contributed by atoms with Crippen molar-refractivity contribution in [2.75, 3.05) is 24.6 Å². The van der Waals surface area contributed by atoms with Gasteiger partial charge in [-0.05, 0) is 6.07 Å². The van der Waals surface area contributed by atoms with Gasteiger partial charge in [0.05, 0.1) is 24.1 Å². The Labute approximate surface area is 76.3 Å². The molecule has 0 aliphatic carbocycles. The minimum absolute atomic E-state index is 0.0942. The highest BCUT2D eigenvalue weighted by atomic mass is 16.1. The van der Waals surface area contributed by atoms with Gasteiger partial charge in [-0.3, -0.25) is 9.78 Å². The predicted molar refractivity (Wildman–Crippen MR) is 51.2 cm³/mol. The number of amides is 1. The van der Waals surface area contributed by atoms with Gasteiger partial charge in [-0.15, -0.1) is 0 Å². The van der Waals surface area contributed by atoms with Gasteiger partial charge in [-0.1, -0.05) is 0 Å². The van der Waals surface area contributed by atoms with Crippen LogP contribution in [0.2, 0.25) is 0 Å². The number of carbonyl (C=O) groups is 1. The Morgan fingerprint density at radius 2 is 2.46 bits per heavy atom. The second-order valence-electron chi connectivity index (χ2n) is 2.49. The molecule has 0 atom stereocenters. The molecule has 5 nitrogen and oxygen atoms in total. The number of nitrogens with zero attached hydrogens (tertiary/aromatic N) is 1. The van der Waals surface area contributed by atoms with Crippen molar-refractivity contribution in [3.63, 3.8) is 0 Å². The monoisotopic (exact) mass is 180 g/mol. The van der Waals surface area contributed by atoms with Crippen LogP contribution in [0.3, 0.4) is 0 Å². The summed E-state index contributed by atoms with van der Waals surface area (Å²) in [5.41, 5.74) is 6.87. The van der Waals surface area contributed by atoms with Gasteiger partial charge < -0.3 is 16.4 Å². The summed E-state index contributed by atoms with van der Waals surface area (Å²) in [6, 6.07) is 1.67. The molecule has 0 aliphatic rings. The maximum Gasteiger partial charge on any atom is 0.239 e. The maximum absolute atomic E-state index is 10.9. The van der Waals surface area contributed by atoms with Gasteiger partial charge in [-0.2, -0.15) is 0 Å². The molecule has 0 radical (unpaired) electrons. The smallest absolute Gasteiger partial charge is 0.239 e. The number of aromatic nitrogens is 1. The highest BCUT2D eigenvalue weighted by Crippen LogP contribution is 2.13. The van der Waals surface area contributed by atoms with Crippen LogP contribution in [0, 0.1) is 0 Å². The lowest BCUT2D eigenvalue weighted by Gasteiger charge is -2.06. The van der Waals surface area contributed by atoms with Gasteiger partial charge >= 0.3 is 0 Å². The zero-order valence-electron chi connectivity index (χ0n) is 7.37. The van der Waals surface area contributed by atoms with Crippen LogP contribution in [0.1, 0.15) is 0 Å². The highest BCUT2D eigenvalue weighted by molar-refractivity contribution is 5.81. The third-order valence-electron chi connectivity index (χ3n) is 1.57. The molecule has 0 spiro atoms. The summed E-state index contributed by atoms with van der Waals surface area (Å²) in [5, 5.41) is 5.36. The summed E-state index contributed by atoms with van der Waals surface area (Å²) < 4.78 is 0. The number of nitrogens with two attached hydrogens (primary N) is 1. The van der Waals surface area contributed by atoms with Crippen molar-refractivity contribution in [1.82, 2.24) is 10.3 Å². The van der Waals surface area contributed by atoms with Gasteiger partial charge in [0.1, 0.15) is 0 Å². The molecule has 0 fully saturated rings. The van der Waals surface area contributed by atoms with Crippen LogP contribution in [-0.2, 0) is 4.79 Å². The van der Waals surface area contributed by atoms with Crippen LogP contribution in [0.15, 0.2) is 18.5 Å². The zero-order valence-corrected chi connectivity index (χ0v) is 7.37. The van der Waals surface area contributed by atoms with Crippen molar-refractivity contribution >= 4 is 17.3 Å². The van der Waals surface area contributed by atoms with Crippen molar-refractivity contribution in [3.8, 4) is 0 Å². The molecule has 1 heterocycles. The zero-order chi connectivity index (χ0) is 9.68. The van der Waals surface area contributed by atoms with E-state index in [-0.39, 0.29) is 12.5 Å². The lowest BCUT2D eigenvalue weighted by Crippen LogP contribution is -2.26. The third kappa shape index (κ3) is 2.62. The van der Waals surface area contributed by atoms with E-state index < -0.39 is 0 Å². The van der Waals surface area contributed by atoms with Crippen molar-refractivity contribution in [2.45, 2.75) is 0 Å². The first-order valence-corrected chi connectivity index (χ1v) is 3.88. The molecule has 1 aromatic rings. The number of nitrogen functional groups attached to an aromatic ring is 1.